The van der Waals surface area contributed by atoms with Gasteiger partial charge in [-0.15, -0.1) is 0 Å². The van der Waals surface area contributed by atoms with E-state index in [1.54, 1.807) is 24.3 Å². The van der Waals surface area contributed by atoms with Crippen molar-refractivity contribution in [3.8, 4) is 0 Å². The van der Waals surface area contributed by atoms with Crippen LogP contribution in [0.4, 0.5) is 19.0 Å². The molecule has 0 aliphatic heterocycles. The fraction of sp³-hybridized carbons (Fsp3) is 0.267. The topological polar surface area (TPSA) is 71.1 Å². The lowest BCUT2D eigenvalue weighted by Crippen LogP contribution is -2.20. The maximum Gasteiger partial charge on any atom is 0.417 e. The Bertz CT molecular complexity index is 773. The summed E-state index contributed by atoms with van der Waals surface area (Å²) in [5.74, 6) is 0.210. The van der Waals surface area contributed by atoms with Crippen molar-refractivity contribution >= 4 is 15.8 Å². The number of benzene rings is 1. The molecule has 0 radical (unpaired) electrons. The predicted molar refractivity (Wildman–Crippen MR) is 84.7 cm³/mol. The average molecular weight is 359 g/mol. The van der Waals surface area contributed by atoms with Gasteiger partial charge in [0.15, 0.2) is 0 Å². The molecule has 0 spiro atoms. The van der Waals surface area contributed by atoms with E-state index in [0.717, 1.165) is 17.8 Å². The number of halogens is 3. The van der Waals surface area contributed by atoms with Crippen molar-refractivity contribution in [2.75, 3.05) is 12.4 Å². The third kappa shape index (κ3) is 5.20. The minimum absolute atomic E-state index is 0.113. The summed E-state index contributed by atoms with van der Waals surface area (Å²) in [6.45, 7) is 0.359. The van der Waals surface area contributed by atoms with Gasteiger partial charge in [-0.05, 0) is 30.3 Å². The number of aromatic nitrogens is 1. The minimum Gasteiger partial charge on any atom is -0.366 e. The lowest BCUT2D eigenvalue weighted by Gasteiger charge is -2.09. The largest absolute Gasteiger partial charge is 0.417 e. The number of nitrogens with one attached hydrogen (secondary N) is 2. The van der Waals surface area contributed by atoms with Crippen LogP contribution in [0.2, 0.25) is 0 Å². The third-order valence-corrected chi connectivity index (χ3v) is 4.59. The number of nitrogens with zero attached hydrogens (tertiary/aromatic N) is 1. The van der Waals surface area contributed by atoms with Crippen LogP contribution in [0.5, 0.6) is 0 Å². The number of pyridine rings is 1. The lowest BCUT2D eigenvalue weighted by atomic mass is 10.1. The van der Waals surface area contributed by atoms with Crippen LogP contribution in [-0.4, -0.2) is 20.4 Å². The average Bonchev–Trinajstić information content (AvgIpc) is 2.53. The second kappa shape index (κ2) is 7.18. The summed E-state index contributed by atoms with van der Waals surface area (Å²) >= 11 is 0. The van der Waals surface area contributed by atoms with E-state index in [9.17, 15) is 21.6 Å². The van der Waals surface area contributed by atoms with Crippen LogP contribution < -0.4 is 10.0 Å². The van der Waals surface area contributed by atoms with Crippen LogP contribution in [0.25, 0.3) is 0 Å². The highest BCUT2D eigenvalue weighted by molar-refractivity contribution is 7.88. The molecule has 24 heavy (non-hydrogen) atoms. The van der Waals surface area contributed by atoms with Gasteiger partial charge in [0.25, 0.3) is 0 Å². The molecule has 0 bridgehead atoms. The Hall–Kier alpha value is -2.13. The zero-order valence-corrected chi connectivity index (χ0v) is 13.6. The van der Waals surface area contributed by atoms with E-state index < -0.39 is 21.8 Å². The molecule has 0 aliphatic rings. The van der Waals surface area contributed by atoms with E-state index in [0.29, 0.717) is 17.9 Å². The number of sulfonamides is 1. The maximum atomic E-state index is 12.4. The highest BCUT2D eigenvalue weighted by Crippen LogP contribution is 2.28. The van der Waals surface area contributed by atoms with Gasteiger partial charge in [-0.25, -0.2) is 18.1 Å². The molecule has 2 N–H and O–H groups in total. The van der Waals surface area contributed by atoms with Crippen molar-refractivity contribution in [2.24, 2.45) is 0 Å². The lowest BCUT2D eigenvalue weighted by molar-refractivity contribution is -0.137. The van der Waals surface area contributed by atoms with Crippen molar-refractivity contribution < 1.29 is 21.6 Å². The van der Waals surface area contributed by atoms with Gasteiger partial charge in [-0.3, -0.25) is 0 Å². The van der Waals surface area contributed by atoms with Crippen molar-refractivity contribution in [3.05, 3.63) is 59.3 Å². The first-order chi connectivity index (χ1) is 11.2. The van der Waals surface area contributed by atoms with Gasteiger partial charge in [0, 0.05) is 12.7 Å². The normalized spacial score (nSPS) is 12.2. The fourth-order valence-corrected chi connectivity index (χ4v) is 2.68. The maximum absolute atomic E-state index is 12.4. The fourth-order valence-electron chi connectivity index (χ4n) is 1.90. The molecule has 1 heterocycles. The smallest absolute Gasteiger partial charge is 0.366 e. The summed E-state index contributed by atoms with van der Waals surface area (Å²) in [6, 6.07) is 9.09. The van der Waals surface area contributed by atoms with Crippen molar-refractivity contribution in [1.29, 1.82) is 0 Å². The van der Waals surface area contributed by atoms with Crippen LogP contribution in [0, 0.1) is 0 Å². The number of hydrogen-bond donors (Lipinski definition) is 2. The quantitative estimate of drug-likeness (QED) is 0.832. The Kier molecular flexibility index (Phi) is 5.45. The van der Waals surface area contributed by atoms with Gasteiger partial charge in [-0.2, -0.15) is 13.2 Å². The molecule has 1 aromatic carbocycles. The Morgan fingerprint density at radius 3 is 2.17 bits per heavy atom. The number of rotatable bonds is 6. The summed E-state index contributed by atoms with van der Waals surface area (Å²) in [5.41, 5.74) is 0.686. The third-order valence-electron chi connectivity index (χ3n) is 3.26. The molecule has 0 saturated carbocycles. The SMILES string of the molecule is CNS(=O)(=O)Cc1ccc(CNc2ccc(C(F)(F)F)cn2)cc1. The summed E-state index contributed by atoms with van der Waals surface area (Å²) in [7, 11) is -1.97. The summed E-state index contributed by atoms with van der Waals surface area (Å²) in [5, 5.41) is 2.91. The Morgan fingerprint density at radius 2 is 1.67 bits per heavy atom. The Labute approximate surface area is 138 Å². The van der Waals surface area contributed by atoms with Crippen molar-refractivity contribution in [1.82, 2.24) is 9.71 Å². The van der Waals surface area contributed by atoms with Crippen LogP contribution >= 0.6 is 0 Å². The van der Waals surface area contributed by atoms with Crippen LogP contribution in [0.15, 0.2) is 42.6 Å². The van der Waals surface area contributed by atoms with Crippen LogP contribution in [-0.2, 0) is 28.5 Å². The van der Waals surface area contributed by atoms with Gasteiger partial charge in [-0.1, -0.05) is 24.3 Å². The van der Waals surface area contributed by atoms with Crippen LogP contribution in [0.1, 0.15) is 16.7 Å². The first-order valence-electron chi connectivity index (χ1n) is 6.96. The second-order valence-corrected chi connectivity index (χ2v) is 6.99. The predicted octanol–water partition coefficient (Wildman–Crippen LogP) is 2.76. The van der Waals surface area contributed by atoms with Crippen LogP contribution in [0.3, 0.4) is 0 Å². The van der Waals surface area contributed by atoms with E-state index in [4.69, 9.17) is 0 Å². The molecule has 0 atom stereocenters. The van der Waals surface area contributed by atoms with Crippen molar-refractivity contribution in [3.63, 3.8) is 0 Å². The van der Waals surface area contributed by atoms with Gasteiger partial charge in [0.05, 0.1) is 11.3 Å². The molecule has 0 saturated heterocycles. The van der Waals surface area contributed by atoms with E-state index in [1.165, 1.54) is 13.1 Å². The molecule has 0 aliphatic carbocycles. The molecule has 0 fully saturated rings. The first kappa shape index (κ1) is 18.2. The molecule has 130 valence electrons. The summed E-state index contributed by atoms with van der Waals surface area (Å²) in [4.78, 5) is 3.72. The van der Waals surface area contributed by atoms with Crippen molar-refractivity contribution in [2.45, 2.75) is 18.5 Å². The second-order valence-electron chi connectivity index (χ2n) is 5.06. The first-order valence-corrected chi connectivity index (χ1v) is 8.61. The summed E-state index contributed by atoms with van der Waals surface area (Å²) in [6.07, 6.45) is -3.64. The molecule has 5 nitrogen and oxygen atoms in total. The number of hydrogen-bond acceptors (Lipinski definition) is 4. The van der Waals surface area contributed by atoms with E-state index in [1.807, 2.05) is 0 Å². The molecular weight excluding hydrogens is 343 g/mol. The van der Waals surface area contributed by atoms with Gasteiger partial charge in [0.1, 0.15) is 5.82 Å². The molecule has 1 aromatic heterocycles. The zero-order valence-electron chi connectivity index (χ0n) is 12.8. The molecule has 2 rings (SSSR count). The highest BCUT2D eigenvalue weighted by Gasteiger charge is 2.30. The van der Waals surface area contributed by atoms with Gasteiger partial charge < -0.3 is 5.32 Å². The Morgan fingerprint density at radius 1 is 1.04 bits per heavy atom. The zero-order chi connectivity index (χ0) is 17.8. The Balaban J connectivity index is 1.95. The van der Waals surface area contributed by atoms with E-state index in [-0.39, 0.29) is 5.75 Å². The molecular formula is C15H16F3N3O2S. The van der Waals surface area contributed by atoms with E-state index in [2.05, 4.69) is 15.0 Å². The number of anilines is 1. The van der Waals surface area contributed by atoms with E-state index >= 15 is 0 Å². The number of alkyl halides is 3. The minimum atomic E-state index is -4.41. The highest BCUT2D eigenvalue weighted by atomic mass is 32.2. The molecule has 0 unspecified atom stereocenters. The molecule has 9 heteroatoms. The molecule has 2 aromatic rings. The van der Waals surface area contributed by atoms with Gasteiger partial charge >= 0.3 is 6.18 Å². The summed E-state index contributed by atoms with van der Waals surface area (Å²) < 4.78 is 62.5. The standard InChI is InChI=1S/C15H16F3N3O2S/c1-19-24(22,23)10-12-4-2-11(3-5-12)8-20-14-7-6-13(9-21-14)15(16,17)18/h2-7,9,19H,8,10H2,1H3,(H,20,21). The molecule has 0 amide bonds. The monoisotopic (exact) mass is 359 g/mol. The van der Waals surface area contributed by atoms with Gasteiger partial charge in [0.2, 0.25) is 10.0 Å².